The van der Waals surface area contributed by atoms with Gasteiger partial charge < -0.3 is 5.32 Å². The zero-order chi connectivity index (χ0) is 12.3. The monoisotopic (exact) mass is 253 g/mol. The van der Waals surface area contributed by atoms with Crippen molar-refractivity contribution < 1.29 is 4.79 Å². The Balaban J connectivity index is 1.94. The molecule has 0 bridgehead atoms. The SMILES string of the molecule is CCCCCCNC(=O)CCCc1cccs1. The highest BCUT2D eigenvalue weighted by atomic mass is 32.1. The highest BCUT2D eigenvalue weighted by molar-refractivity contribution is 7.09. The van der Waals surface area contributed by atoms with Gasteiger partial charge in [0.1, 0.15) is 0 Å². The van der Waals surface area contributed by atoms with Gasteiger partial charge in [0.2, 0.25) is 5.91 Å². The maximum absolute atomic E-state index is 11.5. The highest BCUT2D eigenvalue weighted by Crippen LogP contribution is 2.11. The Morgan fingerprint density at radius 1 is 1.29 bits per heavy atom. The van der Waals surface area contributed by atoms with Gasteiger partial charge in [0.15, 0.2) is 0 Å². The summed E-state index contributed by atoms with van der Waals surface area (Å²) in [4.78, 5) is 12.9. The fourth-order valence-corrected chi connectivity index (χ4v) is 2.50. The van der Waals surface area contributed by atoms with Crippen molar-refractivity contribution in [3.05, 3.63) is 22.4 Å². The number of carbonyl (C=O) groups is 1. The number of aryl methyl sites for hydroxylation is 1. The van der Waals surface area contributed by atoms with Gasteiger partial charge in [0.05, 0.1) is 0 Å². The van der Waals surface area contributed by atoms with Crippen LogP contribution in [0.4, 0.5) is 0 Å². The Morgan fingerprint density at radius 3 is 2.88 bits per heavy atom. The first-order valence-corrected chi connectivity index (χ1v) is 7.50. The first-order chi connectivity index (χ1) is 8.33. The molecule has 0 aliphatic heterocycles. The topological polar surface area (TPSA) is 29.1 Å². The summed E-state index contributed by atoms with van der Waals surface area (Å²) in [7, 11) is 0. The van der Waals surface area contributed by atoms with Crippen LogP contribution < -0.4 is 5.32 Å². The molecule has 3 heteroatoms. The largest absolute Gasteiger partial charge is 0.356 e. The quantitative estimate of drug-likeness (QED) is 0.667. The second kappa shape index (κ2) is 9.23. The zero-order valence-corrected chi connectivity index (χ0v) is 11.5. The van der Waals surface area contributed by atoms with Gasteiger partial charge in [-0.3, -0.25) is 4.79 Å². The summed E-state index contributed by atoms with van der Waals surface area (Å²) < 4.78 is 0. The molecule has 2 nitrogen and oxygen atoms in total. The predicted molar refractivity (Wildman–Crippen MR) is 74.4 cm³/mol. The molecule has 0 fully saturated rings. The number of amides is 1. The van der Waals surface area contributed by atoms with E-state index >= 15 is 0 Å². The molecular formula is C14H23NOS. The van der Waals surface area contributed by atoms with E-state index in [2.05, 4.69) is 29.8 Å². The minimum Gasteiger partial charge on any atom is -0.356 e. The Kier molecular flexibility index (Phi) is 7.72. The number of carbonyl (C=O) groups excluding carboxylic acids is 1. The van der Waals surface area contributed by atoms with Gasteiger partial charge in [0.25, 0.3) is 0 Å². The lowest BCUT2D eigenvalue weighted by molar-refractivity contribution is -0.121. The molecule has 96 valence electrons. The van der Waals surface area contributed by atoms with Gasteiger partial charge in [-0.1, -0.05) is 32.3 Å². The zero-order valence-electron chi connectivity index (χ0n) is 10.7. The normalized spacial score (nSPS) is 10.4. The van der Waals surface area contributed by atoms with E-state index in [9.17, 15) is 4.79 Å². The number of thiophene rings is 1. The highest BCUT2D eigenvalue weighted by Gasteiger charge is 2.01. The van der Waals surface area contributed by atoms with Crippen molar-refractivity contribution in [1.29, 1.82) is 0 Å². The molecule has 1 rings (SSSR count). The third kappa shape index (κ3) is 7.16. The second-order valence-corrected chi connectivity index (χ2v) is 5.38. The average Bonchev–Trinajstić information content (AvgIpc) is 2.82. The molecular weight excluding hydrogens is 230 g/mol. The van der Waals surface area contributed by atoms with Crippen LogP contribution in [0, 0.1) is 0 Å². The minimum atomic E-state index is 0.207. The van der Waals surface area contributed by atoms with Crippen molar-refractivity contribution in [1.82, 2.24) is 5.32 Å². The third-order valence-electron chi connectivity index (χ3n) is 2.76. The lowest BCUT2D eigenvalue weighted by atomic mass is 10.2. The first-order valence-electron chi connectivity index (χ1n) is 6.62. The number of nitrogens with one attached hydrogen (secondary N) is 1. The van der Waals surface area contributed by atoms with Gasteiger partial charge >= 0.3 is 0 Å². The van der Waals surface area contributed by atoms with Crippen LogP contribution in [0.5, 0.6) is 0 Å². The van der Waals surface area contributed by atoms with E-state index in [1.807, 2.05) is 0 Å². The van der Waals surface area contributed by atoms with Crippen molar-refractivity contribution in [2.24, 2.45) is 0 Å². The minimum absolute atomic E-state index is 0.207. The number of unbranched alkanes of at least 4 members (excludes halogenated alkanes) is 3. The lowest BCUT2D eigenvalue weighted by Crippen LogP contribution is -2.24. The van der Waals surface area contributed by atoms with E-state index in [0.717, 1.165) is 25.8 Å². The smallest absolute Gasteiger partial charge is 0.220 e. The number of hydrogen-bond acceptors (Lipinski definition) is 2. The lowest BCUT2D eigenvalue weighted by Gasteiger charge is -2.04. The van der Waals surface area contributed by atoms with Crippen LogP contribution in [0.15, 0.2) is 17.5 Å². The molecule has 1 N–H and O–H groups in total. The van der Waals surface area contributed by atoms with Gasteiger partial charge in [0, 0.05) is 17.8 Å². The molecule has 0 spiro atoms. The van der Waals surface area contributed by atoms with Crippen LogP contribution in [0.2, 0.25) is 0 Å². The van der Waals surface area contributed by atoms with Crippen LogP contribution in [0.3, 0.4) is 0 Å². The average molecular weight is 253 g/mol. The van der Waals surface area contributed by atoms with Crippen LogP contribution in [0.1, 0.15) is 50.3 Å². The van der Waals surface area contributed by atoms with Crippen molar-refractivity contribution in [3.8, 4) is 0 Å². The molecule has 1 aromatic heterocycles. The molecule has 1 aromatic rings. The van der Waals surface area contributed by atoms with Crippen molar-refractivity contribution in [2.45, 2.75) is 51.9 Å². The van der Waals surface area contributed by atoms with Crippen molar-refractivity contribution in [3.63, 3.8) is 0 Å². The Bertz CT molecular complexity index is 295. The van der Waals surface area contributed by atoms with Crippen LogP contribution in [-0.2, 0) is 11.2 Å². The predicted octanol–water partition coefficient (Wildman–Crippen LogP) is 3.77. The number of hydrogen-bond donors (Lipinski definition) is 1. The molecule has 1 amide bonds. The summed E-state index contributed by atoms with van der Waals surface area (Å²) in [5, 5.41) is 5.07. The Morgan fingerprint density at radius 2 is 2.18 bits per heavy atom. The molecule has 0 saturated carbocycles. The van der Waals surface area contributed by atoms with E-state index in [4.69, 9.17) is 0 Å². The Labute approximate surface area is 108 Å². The standard InChI is InChI=1S/C14H23NOS/c1-2-3-4-5-11-15-14(16)10-6-8-13-9-7-12-17-13/h7,9,12H,2-6,8,10-11H2,1H3,(H,15,16). The molecule has 1 heterocycles. The Hall–Kier alpha value is -0.830. The molecule has 0 unspecified atom stereocenters. The summed E-state index contributed by atoms with van der Waals surface area (Å²) >= 11 is 1.77. The van der Waals surface area contributed by atoms with Crippen molar-refractivity contribution in [2.75, 3.05) is 6.54 Å². The summed E-state index contributed by atoms with van der Waals surface area (Å²) in [6.45, 7) is 3.04. The molecule has 0 atom stereocenters. The van der Waals surface area contributed by atoms with Crippen LogP contribution >= 0.6 is 11.3 Å². The van der Waals surface area contributed by atoms with E-state index in [1.165, 1.54) is 24.1 Å². The van der Waals surface area contributed by atoms with Gasteiger partial charge in [-0.05, 0) is 30.7 Å². The molecule has 0 aromatic carbocycles. The third-order valence-corrected chi connectivity index (χ3v) is 3.70. The summed E-state index contributed by atoms with van der Waals surface area (Å²) in [5.41, 5.74) is 0. The van der Waals surface area contributed by atoms with E-state index < -0.39 is 0 Å². The van der Waals surface area contributed by atoms with Gasteiger partial charge in [-0.2, -0.15) is 0 Å². The fraction of sp³-hybridized carbons (Fsp3) is 0.643. The fourth-order valence-electron chi connectivity index (χ4n) is 1.75. The maximum Gasteiger partial charge on any atom is 0.220 e. The van der Waals surface area contributed by atoms with Gasteiger partial charge in [-0.25, -0.2) is 0 Å². The van der Waals surface area contributed by atoms with Crippen molar-refractivity contribution >= 4 is 17.2 Å². The summed E-state index contributed by atoms with van der Waals surface area (Å²) in [6.07, 6.45) is 7.51. The molecule has 0 aliphatic rings. The summed E-state index contributed by atoms with van der Waals surface area (Å²) in [6, 6.07) is 4.20. The second-order valence-electron chi connectivity index (χ2n) is 4.34. The van der Waals surface area contributed by atoms with E-state index in [1.54, 1.807) is 11.3 Å². The molecule has 0 radical (unpaired) electrons. The molecule has 0 aliphatic carbocycles. The summed E-state index contributed by atoms with van der Waals surface area (Å²) in [5.74, 6) is 0.207. The first kappa shape index (κ1) is 14.2. The number of rotatable bonds is 9. The van der Waals surface area contributed by atoms with E-state index in [0.29, 0.717) is 6.42 Å². The van der Waals surface area contributed by atoms with E-state index in [-0.39, 0.29) is 5.91 Å². The maximum atomic E-state index is 11.5. The van der Waals surface area contributed by atoms with Crippen LogP contribution in [-0.4, -0.2) is 12.5 Å². The van der Waals surface area contributed by atoms with Crippen LogP contribution in [0.25, 0.3) is 0 Å². The molecule has 0 saturated heterocycles. The van der Waals surface area contributed by atoms with Gasteiger partial charge in [-0.15, -0.1) is 11.3 Å². The molecule has 17 heavy (non-hydrogen) atoms.